The first-order chi connectivity index (χ1) is 11.1. The van der Waals surface area contributed by atoms with E-state index in [1.54, 1.807) is 18.2 Å². The molecule has 0 spiro atoms. The second-order valence-electron chi connectivity index (χ2n) is 5.40. The van der Waals surface area contributed by atoms with Crippen molar-refractivity contribution in [3.8, 4) is 5.75 Å². The third kappa shape index (κ3) is 3.25. The van der Waals surface area contributed by atoms with E-state index in [-0.39, 0.29) is 0 Å². The number of ether oxygens (including phenoxy) is 1. The van der Waals surface area contributed by atoms with Crippen LogP contribution in [0.1, 0.15) is 17.2 Å². The van der Waals surface area contributed by atoms with Gasteiger partial charge in [0, 0.05) is 12.1 Å². The van der Waals surface area contributed by atoms with Crippen molar-refractivity contribution < 1.29 is 14.6 Å². The van der Waals surface area contributed by atoms with E-state index in [9.17, 15) is 9.90 Å². The fourth-order valence-electron chi connectivity index (χ4n) is 2.80. The summed E-state index contributed by atoms with van der Waals surface area (Å²) in [5, 5.41) is 16.1. The van der Waals surface area contributed by atoms with Crippen LogP contribution in [-0.4, -0.2) is 24.4 Å². The summed E-state index contributed by atoms with van der Waals surface area (Å²) in [5.74, 6) is 0.540. The molecule has 120 valence electrons. The third-order valence-electron chi connectivity index (χ3n) is 3.90. The Kier molecular flexibility index (Phi) is 4.41. The van der Waals surface area contributed by atoms with Crippen LogP contribution in [0.5, 0.6) is 5.75 Å². The van der Waals surface area contributed by atoms with Gasteiger partial charge in [-0.25, -0.2) is 4.79 Å². The van der Waals surface area contributed by atoms with Crippen molar-refractivity contribution in [2.24, 2.45) is 0 Å². The molecule has 0 heterocycles. The van der Waals surface area contributed by atoms with Crippen molar-refractivity contribution in [2.45, 2.75) is 18.6 Å². The molecule has 3 rings (SSSR count). The quantitative estimate of drug-likeness (QED) is 0.808. The summed E-state index contributed by atoms with van der Waals surface area (Å²) in [6.45, 7) is 0. The Morgan fingerprint density at radius 2 is 2.09 bits per heavy atom. The Hall–Kier alpha value is -2.24. The van der Waals surface area contributed by atoms with Crippen LogP contribution in [0.3, 0.4) is 0 Å². The molecule has 0 bridgehead atoms. The van der Waals surface area contributed by atoms with E-state index in [0.29, 0.717) is 22.9 Å². The van der Waals surface area contributed by atoms with Gasteiger partial charge in [0.1, 0.15) is 5.75 Å². The number of aliphatic hydroxyl groups is 1. The summed E-state index contributed by atoms with van der Waals surface area (Å²) in [6.07, 6.45) is -0.0900. The van der Waals surface area contributed by atoms with E-state index in [4.69, 9.17) is 16.3 Å². The standard InChI is InChI=1S/C17H17ClN2O3/c1-23-15-7-6-11(9-13(15)18)19-17(22)20-16-12-5-3-2-4-10(12)8-14(16)21/h2-7,9,14,16,21H,8H2,1H3,(H2,19,20,22)/t14-,16+/m1/s1. The Labute approximate surface area is 139 Å². The highest BCUT2D eigenvalue weighted by Crippen LogP contribution is 2.31. The number of nitrogens with one attached hydrogen (secondary N) is 2. The van der Waals surface area contributed by atoms with E-state index in [0.717, 1.165) is 11.1 Å². The Bertz CT molecular complexity index is 736. The number of hydrogen-bond donors (Lipinski definition) is 3. The second-order valence-corrected chi connectivity index (χ2v) is 5.80. The summed E-state index contributed by atoms with van der Waals surface area (Å²) < 4.78 is 5.07. The fraction of sp³-hybridized carbons (Fsp3) is 0.235. The number of urea groups is 1. The summed E-state index contributed by atoms with van der Waals surface area (Å²) in [4.78, 5) is 12.2. The van der Waals surface area contributed by atoms with Crippen molar-refractivity contribution in [1.29, 1.82) is 0 Å². The molecule has 6 heteroatoms. The predicted molar refractivity (Wildman–Crippen MR) is 89.1 cm³/mol. The number of carbonyl (C=O) groups excluding carboxylic acids is 1. The van der Waals surface area contributed by atoms with E-state index in [1.807, 2.05) is 24.3 Å². The molecule has 3 N–H and O–H groups in total. The molecule has 2 amide bonds. The number of rotatable bonds is 3. The van der Waals surface area contributed by atoms with Gasteiger partial charge in [-0.3, -0.25) is 0 Å². The molecular formula is C17H17ClN2O3. The lowest BCUT2D eigenvalue weighted by molar-refractivity contribution is 0.144. The molecule has 1 aliphatic rings. The maximum atomic E-state index is 12.2. The third-order valence-corrected chi connectivity index (χ3v) is 4.20. The van der Waals surface area contributed by atoms with Gasteiger partial charge >= 0.3 is 6.03 Å². The van der Waals surface area contributed by atoms with Crippen molar-refractivity contribution >= 4 is 23.3 Å². The molecule has 2 aromatic rings. The van der Waals surface area contributed by atoms with Crippen LogP contribution in [-0.2, 0) is 6.42 Å². The Morgan fingerprint density at radius 3 is 2.83 bits per heavy atom. The molecule has 2 aromatic carbocycles. The smallest absolute Gasteiger partial charge is 0.319 e. The van der Waals surface area contributed by atoms with Crippen molar-refractivity contribution in [2.75, 3.05) is 12.4 Å². The first-order valence-corrected chi connectivity index (χ1v) is 7.63. The number of benzene rings is 2. The predicted octanol–water partition coefficient (Wildman–Crippen LogP) is 3.13. The molecule has 0 fully saturated rings. The lowest BCUT2D eigenvalue weighted by atomic mass is 10.1. The first kappa shape index (κ1) is 15.6. The van der Waals surface area contributed by atoms with Gasteiger partial charge in [0.2, 0.25) is 0 Å². The van der Waals surface area contributed by atoms with E-state index >= 15 is 0 Å². The van der Waals surface area contributed by atoms with Crippen molar-refractivity contribution in [3.63, 3.8) is 0 Å². The number of carbonyl (C=O) groups is 1. The number of halogens is 1. The molecule has 2 atom stereocenters. The summed E-state index contributed by atoms with van der Waals surface area (Å²) in [6, 6.07) is 11.9. The average molecular weight is 333 g/mol. The van der Waals surface area contributed by atoms with Crippen LogP contribution in [0, 0.1) is 0 Å². The summed E-state index contributed by atoms with van der Waals surface area (Å²) >= 11 is 6.04. The Morgan fingerprint density at radius 1 is 1.30 bits per heavy atom. The highest BCUT2D eigenvalue weighted by Gasteiger charge is 2.31. The molecule has 0 aromatic heterocycles. The zero-order chi connectivity index (χ0) is 16.4. The molecular weight excluding hydrogens is 316 g/mol. The van der Waals surface area contributed by atoms with E-state index in [1.165, 1.54) is 7.11 Å². The number of aliphatic hydroxyl groups excluding tert-OH is 1. The molecule has 0 aliphatic heterocycles. The van der Waals surface area contributed by atoms with Gasteiger partial charge in [0.15, 0.2) is 0 Å². The summed E-state index contributed by atoms with van der Waals surface area (Å²) in [5.41, 5.74) is 2.55. The minimum Gasteiger partial charge on any atom is -0.495 e. The molecule has 0 saturated heterocycles. The molecule has 0 unspecified atom stereocenters. The minimum absolute atomic E-state index is 0.396. The lowest BCUT2D eigenvalue weighted by Crippen LogP contribution is -2.36. The molecule has 1 aliphatic carbocycles. The van der Waals surface area contributed by atoms with Crippen LogP contribution < -0.4 is 15.4 Å². The minimum atomic E-state index is -0.627. The van der Waals surface area contributed by atoms with Gasteiger partial charge < -0.3 is 20.5 Å². The van der Waals surface area contributed by atoms with Gasteiger partial charge in [0.05, 0.1) is 24.3 Å². The monoisotopic (exact) mass is 332 g/mol. The SMILES string of the molecule is COc1ccc(NC(=O)N[C@H]2c3ccccc3C[C@H]2O)cc1Cl. The largest absolute Gasteiger partial charge is 0.495 e. The van der Waals surface area contributed by atoms with Gasteiger partial charge in [-0.1, -0.05) is 35.9 Å². The molecule has 0 radical (unpaired) electrons. The number of anilines is 1. The molecule has 23 heavy (non-hydrogen) atoms. The van der Waals surface area contributed by atoms with Crippen molar-refractivity contribution in [1.82, 2.24) is 5.32 Å². The van der Waals surface area contributed by atoms with Gasteiger partial charge in [-0.15, -0.1) is 0 Å². The first-order valence-electron chi connectivity index (χ1n) is 7.25. The van der Waals surface area contributed by atoms with Gasteiger partial charge in [0.25, 0.3) is 0 Å². The number of methoxy groups -OCH3 is 1. The van der Waals surface area contributed by atoms with E-state index in [2.05, 4.69) is 10.6 Å². The van der Waals surface area contributed by atoms with E-state index < -0.39 is 18.2 Å². The molecule has 5 nitrogen and oxygen atoms in total. The van der Waals surface area contributed by atoms with Crippen LogP contribution >= 0.6 is 11.6 Å². The van der Waals surface area contributed by atoms with Gasteiger partial charge in [-0.2, -0.15) is 0 Å². The maximum Gasteiger partial charge on any atom is 0.319 e. The summed E-state index contributed by atoms with van der Waals surface area (Å²) in [7, 11) is 1.53. The van der Waals surface area contributed by atoms with Crippen LogP contribution in [0.15, 0.2) is 42.5 Å². The van der Waals surface area contributed by atoms with Crippen LogP contribution in [0.25, 0.3) is 0 Å². The zero-order valence-corrected chi connectivity index (χ0v) is 13.3. The van der Waals surface area contributed by atoms with Crippen molar-refractivity contribution in [3.05, 3.63) is 58.6 Å². The van der Waals surface area contributed by atoms with Crippen LogP contribution in [0.2, 0.25) is 5.02 Å². The van der Waals surface area contributed by atoms with Gasteiger partial charge in [-0.05, 0) is 29.3 Å². The maximum absolute atomic E-state index is 12.2. The normalized spacial score (nSPS) is 19.1. The topological polar surface area (TPSA) is 70.6 Å². The fourth-order valence-corrected chi connectivity index (χ4v) is 3.06. The zero-order valence-electron chi connectivity index (χ0n) is 12.5. The average Bonchev–Trinajstić information content (AvgIpc) is 2.83. The number of hydrogen-bond acceptors (Lipinski definition) is 3. The lowest BCUT2D eigenvalue weighted by Gasteiger charge is -2.18. The number of amides is 2. The van der Waals surface area contributed by atoms with Crippen LogP contribution in [0.4, 0.5) is 10.5 Å². The Balaban J connectivity index is 1.69. The molecule has 0 saturated carbocycles. The highest BCUT2D eigenvalue weighted by molar-refractivity contribution is 6.32. The number of fused-ring (bicyclic) bond motifs is 1. The second kappa shape index (κ2) is 6.48. The highest BCUT2D eigenvalue weighted by atomic mass is 35.5.